The van der Waals surface area contributed by atoms with Crippen LogP contribution in [-0.4, -0.2) is 21.5 Å². The Morgan fingerprint density at radius 2 is 2.00 bits per heavy atom. The largest absolute Gasteiger partial charge is 0.349 e. The van der Waals surface area contributed by atoms with Gasteiger partial charge in [-0.1, -0.05) is 19.3 Å². The average Bonchev–Trinajstić information content (AvgIpc) is 3.19. The van der Waals surface area contributed by atoms with Crippen LogP contribution >= 0.6 is 0 Å². The Kier molecular flexibility index (Phi) is 4.07. The van der Waals surface area contributed by atoms with Gasteiger partial charge in [-0.2, -0.15) is 0 Å². The van der Waals surface area contributed by atoms with E-state index in [2.05, 4.69) is 36.0 Å². The van der Waals surface area contributed by atoms with E-state index in [1.807, 2.05) is 0 Å². The standard InChI is InChI=1S/C20H27N3O/c1-13(2)23-12-11-16-18(15-9-6-10-17(15)22-19(16)23)20(24)21-14-7-4-3-5-8-14/h11-14H,3-10H2,1-2H3,(H,21,24). The zero-order chi connectivity index (χ0) is 16.7. The first-order valence-electron chi connectivity index (χ1n) is 9.48. The third-order valence-electron chi connectivity index (χ3n) is 5.61. The zero-order valence-corrected chi connectivity index (χ0v) is 14.8. The maximum absolute atomic E-state index is 13.1. The topological polar surface area (TPSA) is 46.9 Å². The number of amides is 1. The third-order valence-corrected chi connectivity index (χ3v) is 5.61. The second-order valence-corrected chi connectivity index (χ2v) is 7.63. The van der Waals surface area contributed by atoms with Gasteiger partial charge in [0.2, 0.25) is 0 Å². The lowest BCUT2D eigenvalue weighted by atomic mass is 9.94. The molecule has 1 fully saturated rings. The van der Waals surface area contributed by atoms with E-state index in [4.69, 9.17) is 4.98 Å². The van der Waals surface area contributed by atoms with Crippen molar-refractivity contribution in [2.24, 2.45) is 0 Å². The normalized spacial score (nSPS) is 18.3. The van der Waals surface area contributed by atoms with Crippen LogP contribution in [0.25, 0.3) is 11.0 Å². The molecule has 0 bridgehead atoms. The summed E-state index contributed by atoms with van der Waals surface area (Å²) in [5, 5.41) is 4.35. The van der Waals surface area contributed by atoms with Crippen LogP contribution in [0.2, 0.25) is 0 Å². The van der Waals surface area contributed by atoms with E-state index in [0.717, 1.165) is 54.4 Å². The zero-order valence-electron chi connectivity index (χ0n) is 14.8. The van der Waals surface area contributed by atoms with Gasteiger partial charge in [-0.05, 0) is 57.6 Å². The molecule has 2 aromatic heterocycles. The minimum atomic E-state index is 0.119. The molecule has 0 atom stereocenters. The van der Waals surface area contributed by atoms with E-state index >= 15 is 0 Å². The molecule has 128 valence electrons. The van der Waals surface area contributed by atoms with Crippen molar-refractivity contribution in [1.82, 2.24) is 14.9 Å². The summed E-state index contributed by atoms with van der Waals surface area (Å²) in [7, 11) is 0. The molecule has 4 heteroatoms. The van der Waals surface area contributed by atoms with Crippen molar-refractivity contribution in [3.05, 3.63) is 29.1 Å². The maximum atomic E-state index is 13.1. The van der Waals surface area contributed by atoms with Gasteiger partial charge in [-0.3, -0.25) is 4.79 Å². The van der Waals surface area contributed by atoms with Crippen LogP contribution in [0.4, 0.5) is 0 Å². The van der Waals surface area contributed by atoms with Crippen LogP contribution in [0.5, 0.6) is 0 Å². The summed E-state index contributed by atoms with van der Waals surface area (Å²) in [6, 6.07) is 2.78. The molecule has 0 aromatic carbocycles. The van der Waals surface area contributed by atoms with Crippen LogP contribution in [0.3, 0.4) is 0 Å². The number of pyridine rings is 1. The van der Waals surface area contributed by atoms with Crippen LogP contribution < -0.4 is 5.32 Å². The lowest BCUT2D eigenvalue weighted by molar-refractivity contribution is 0.0928. The number of aromatic nitrogens is 2. The van der Waals surface area contributed by atoms with Gasteiger partial charge in [-0.25, -0.2) is 4.98 Å². The van der Waals surface area contributed by atoms with Gasteiger partial charge < -0.3 is 9.88 Å². The van der Waals surface area contributed by atoms with E-state index in [-0.39, 0.29) is 5.91 Å². The van der Waals surface area contributed by atoms with Crippen molar-refractivity contribution < 1.29 is 4.79 Å². The Morgan fingerprint density at radius 1 is 1.21 bits per heavy atom. The van der Waals surface area contributed by atoms with Gasteiger partial charge >= 0.3 is 0 Å². The van der Waals surface area contributed by atoms with Crippen molar-refractivity contribution in [2.75, 3.05) is 0 Å². The molecule has 1 amide bonds. The molecule has 2 heterocycles. The summed E-state index contributed by atoms with van der Waals surface area (Å²) in [4.78, 5) is 18.0. The number of nitrogens with zero attached hydrogens (tertiary/aromatic N) is 2. The molecule has 2 aromatic rings. The van der Waals surface area contributed by atoms with E-state index in [1.165, 1.54) is 24.8 Å². The van der Waals surface area contributed by atoms with Gasteiger partial charge in [0.1, 0.15) is 5.65 Å². The molecule has 0 saturated heterocycles. The lowest BCUT2D eigenvalue weighted by Crippen LogP contribution is -2.36. The summed E-state index contributed by atoms with van der Waals surface area (Å²) in [6.07, 6.45) is 11.2. The second kappa shape index (κ2) is 6.23. The van der Waals surface area contributed by atoms with Crippen molar-refractivity contribution >= 4 is 16.9 Å². The molecular weight excluding hydrogens is 298 g/mol. The molecule has 2 aliphatic carbocycles. The molecule has 24 heavy (non-hydrogen) atoms. The molecular formula is C20H27N3O. The predicted octanol–water partition coefficient (Wildman–Crippen LogP) is 4.17. The number of rotatable bonds is 3. The number of nitrogens with one attached hydrogen (secondary N) is 1. The minimum absolute atomic E-state index is 0.119. The van der Waals surface area contributed by atoms with Crippen LogP contribution in [-0.2, 0) is 12.8 Å². The smallest absolute Gasteiger partial charge is 0.252 e. The molecule has 4 nitrogen and oxygen atoms in total. The minimum Gasteiger partial charge on any atom is -0.349 e. The highest BCUT2D eigenvalue weighted by molar-refractivity contribution is 6.07. The fourth-order valence-corrected chi connectivity index (χ4v) is 4.34. The van der Waals surface area contributed by atoms with Crippen molar-refractivity contribution in [1.29, 1.82) is 0 Å². The molecule has 0 radical (unpaired) electrons. The van der Waals surface area contributed by atoms with E-state index in [0.29, 0.717) is 12.1 Å². The Labute approximate surface area is 143 Å². The van der Waals surface area contributed by atoms with Gasteiger partial charge in [-0.15, -0.1) is 0 Å². The quantitative estimate of drug-likeness (QED) is 0.920. The first-order valence-corrected chi connectivity index (χ1v) is 9.48. The lowest BCUT2D eigenvalue weighted by Gasteiger charge is -2.23. The van der Waals surface area contributed by atoms with Crippen molar-refractivity contribution in [2.45, 2.75) is 77.3 Å². The van der Waals surface area contributed by atoms with Gasteiger partial charge in [0, 0.05) is 29.4 Å². The highest BCUT2D eigenvalue weighted by Crippen LogP contribution is 2.32. The number of aryl methyl sites for hydroxylation is 1. The Bertz CT molecular complexity index is 769. The molecule has 0 spiro atoms. The maximum Gasteiger partial charge on any atom is 0.252 e. The van der Waals surface area contributed by atoms with Gasteiger partial charge in [0.15, 0.2) is 0 Å². The van der Waals surface area contributed by atoms with E-state index in [9.17, 15) is 4.79 Å². The first-order chi connectivity index (χ1) is 11.6. The average molecular weight is 325 g/mol. The summed E-state index contributed by atoms with van der Waals surface area (Å²) < 4.78 is 2.19. The highest BCUT2D eigenvalue weighted by atomic mass is 16.1. The molecule has 1 saturated carbocycles. The van der Waals surface area contributed by atoms with Crippen LogP contribution in [0.1, 0.15) is 80.0 Å². The second-order valence-electron chi connectivity index (χ2n) is 7.63. The number of fused-ring (bicyclic) bond motifs is 2. The molecule has 2 aliphatic rings. The number of hydrogen-bond donors (Lipinski definition) is 1. The number of carbonyl (C=O) groups excluding carboxylic acids is 1. The third kappa shape index (κ3) is 2.62. The van der Waals surface area contributed by atoms with Crippen molar-refractivity contribution in [3.63, 3.8) is 0 Å². The van der Waals surface area contributed by atoms with Crippen LogP contribution in [0.15, 0.2) is 12.3 Å². The summed E-state index contributed by atoms with van der Waals surface area (Å²) >= 11 is 0. The van der Waals surface area contributed by atoms with Crippen LogP contribution in [0, 0.1) is 0 Å². The summed E-state index contributed by atoms with van der Waals surface area (Å²) in [5.41, 5.74) is 4.20. The molecule has 1 N–H and O–H groups in total. The highest BCUT2D eigenvalue weighted by Gasteiger charge is 2.27. The fourth-order valence-electron chi connectivity index (χ4n) is 4.34. The fraction of sp³-hybridized carbons (Fsp3) is 0.600. The predicted molar refractivity (Wildman–Crippen MR) is 96.5 cm³/mol. The summed E-state index contributed by atoms with van der Waals surface area (Å²) in [5.74, 6) is 0.119. The SMILES string of the molecule is CC(C)n1ccc2c(C(=O)NC3CCCCC3)c3c(nc21)CCC3. The Hall–Kier alpha value is -1.84. The monoisotopic (exact) mass is 325 g/mol. The van der Waals surface area contributed by atoms with E-state index < -0.39 is 0 Å². The Balaban J connectivity index is 1.77. The Morgan fingerprint density at radius 3 is 2.75 bits per heavy atom. The molecule has 0 aliphatic heterocycles. The first kappa shape index (κ1) is 15.7. The number of carbonyl (C=O) groups is 1. The van der Waals surface area contributed by atoms with Crippen molar-refractivity contribution in [3.8, 4) is 0 Å². The van der Waals surface area contributed by atoms with Gasteiger partial charge in [0.05, 0.1) is 5.56 Å². The molecule has 0 unspecified atom stereocenters. The molecule has 4 rings (SSSR count). The summed E-state index contributed by atoms with van der Waals surface area (Å²) in [6.45, 7) is 4.33. The van der Waals surface area contributed by atoms with E-state index in [1.54, 1.807) is 0 Å². The number of hydrogen-bond acceptors (Lipinski definition) is 2. The van der Waals surface area contributed by atoms with Gasteiger partial charge in [0.25, 0.3) is 5.91 Å².